The van der Waals surface area contributed by atoms with Crippen molar-refractivity contribution in [1.82, 2.24) is 20.7 Å². The van der Waals surface area contributed by atoms with Crippen molar-refractivity contribution < 1.29 is 4.79 Å². The zero-order valence-electron chi connectivity index (χ0n) is 17.4. The van der Waals surface area contributed by atoms with Gasteiger partial charge in [-0.25, -0.2) is 0 Å². The van der Waals surface area contributed by atoms with Crippen LogP contribution in [0.3, 0.4) is 0 Å². The number of carbonyl (C=O) groups excluding carboxylic acids is 1. The molecule has 1 aromatic heterocycles. The number of guanidine groups is 1. The second kappa shape index (κ2) is 8.27. The number of anilines is 1. The topological polar surface area (TPSA) is 135 Å². The number of rotatable bonds is 5. The summed E-state index contributed by atoms with van der Waals surface area (Å²) in [6, 6.07) is 8.61. The fourth-order valence-corrected chi connectivity index (χ4v) is 4.10. The van der Waals surface area contributed by atoms with Gasteiger partial charge < -0.3 is 26.7 Å². The Bertz CT molecular complexity index is 1010. The fourth-order valence-electron chi connectivity index (χ4n) is 4.10. The van der Waals surface area contributed by atoms with Crippen LogP contribution in [0.25, 0.3) is 10.9 Å². The lowest BCUT2D eigenvalue weighted by molar-refractivity contribution is -0.115. The number of aromatic nitrogens is 1. The summed E-state index contributed by atoms with van der Waals surface area (Å²) >= 11 is 0. The quantitative estimate of drug-likeness (QED) is 0.443. The van der Waals surface area contributed by atoms with Crippen LogP contribution in [-0.4, -0.2) is 28.5 Å². The minimum absolute atomic E-state index is 0.0747. The van der Waals surface area contributed by atoms with Gasteiger partial charge in [0.25, 0.3) is 5.91 Å². The number of fused-ring (bicyclic) bond motifs is 1. The molecule has 0 unspecified atom stereocenters. The molecule has 30 heavy (non-hydrogen) atoms. The molecule has 160 valence electrons. The van der Waals surface area contributed by atoms with Crippen molar-refractivity contribution in [2.24, 2.45) is 16.5 Å². The Kier molecular flexibility index (Phi) is 5.54. The number of nitrogens with two attached hydrogens (primary N) is 2. The molecule has 2 heterocycles. The van der Waals surface area contributed by atoms with Crippen molar-refractivity contribution in [3.63, 3.8) is 0 Å². The Morgan fingerprint density at radius 3 is 2.77 bits per heavy atom. The summed E-state index contributed by atoms with van der Waals surface area (Å²) in [5.74, 6) is 0.267. The summed E-state index contributed by atoms with van der Waals surface area (Å²) in [5, 5.41) is 7.69. The predicted molar refractivity (Wildman–Crippen MR) is 119 cm³/mol. The largest absolute Gasteiger partial charge is 0.364 e. The normalized spacial score (nSPS) is 21.8. The van der Waals surface area contributed by atoms with E-state index in [9.17, 15) is 4.79 Å². The molecule has 9 nitrogen and oxygen atoms in total. The van der Waals surface area contributed by atoms with E-state index in [0.717, 1.165) is 42.3 Å². The molecule has 0 radical (unpaired) electrons. The van der Waals surface area contributed by atoms with E-state index >= 15 is 0 Å². The molecule has 1 aliphatic carbocycles. The van der Waals surface area contributed by atoms with Gasteiger partial charge in [0.15, 0.2) is 11.5 Å². The first-order valence-electron chi connectivity index (χ1n) is 10.5. The summed E-state index contributed by atoms with van der Waals surface area (Å²) in [6.07, 6.45) is 6.31. The second-order valence-corrected chi connectivity index (χ2v) is 8.18. The first kappa shape index (κ1) is 20.1. The lowest BCUT2D eigenvalue weighted by Crippen LogP contribution is -2.57. The number of hydrazine groups is 1. The van der Waals surface area contributed by atoms with E-state index in [0.29, 0.717) is 17.8 Å². The van der Waals surface area contributed by atoms with Gasteiger partial charge in [-0.15, -0.1) is 0 Å². The number of benzene rings is 1. The molecule has 2 aromatic rings. The van der Waals surface area contributed by atoms with E-state index < -0.39 is 5.91 Å². The number of hydrogen-bond donors (Lipinski definition) is 6. The van der Waals surface area contributed by atoms with Crippen molar-refractivity contribution in [1.29, 1.82) is 0 Å². The van der Waals surface area contributed by atoms with Crippen LogP contribution in [0.1, 0.15) is 45.6 Å². The number of carbonyl (C=O) groups is 1. The summed E-state index contributed by atoms with van der Waals surface area (Å²) < 4.78 is 2.20. The van der Waals surface area contributed by atoms with E-state index in [4.69, 9.17) is 11.5 Å². The standard InChI is InChI=1S/C21H30N8O/c1-12(2)29-11-10-13-15(8-5-9-17(13)29)24-20-18(19(23)30)27-28-21(26-20)25-16-7-4-3-6-14(16)22/h5,8-12,14,16,24,27H,3-4,6-7,22H2,1-2H3,(H2,23,30)(H2,25,26,28)/t14-,16+/m0/s1. The molecule has 0 saturated heterocycles. The zero-order chi connectivity index (χ0) is 21.3. The molecule has 1 aliphatic heterocycles. The second-order valence-electron chi connectivity index (χ2n) is 8.18. The van der Waals surface area contributed by atoms with Gasteiger partial charge in [0, 0.05) is 35.4 Å². The third-order valence-electron chi connectivity index (χ3n) is 5.73. The van der Waals surface area contributed by atoms with E-state index in [1.807, 2.05) is 12.1 Å². The van der Waals surface area contributed by atoms with Crippen LogP contribution in [0.2, 0.25) is 0 Å². The fraction of sp³-hybridized carbons (Fsp3) is 0.429. The van der Waals surface area contributed by atoms with Gasteiger partial charge in [0.05, 0.1) is 5.52 Å². The van der Waals surface area contributed by atoms with Gasteiger partial charge in [-0.3, -0.25) is 15.6 Å². The highest BCUT2D eigenvalue weighted by Gasteiger charge is 2.25. The van der Waals surface area contributed by atoms with Crippen LogP contribution >= 0.6 is 0 Å². The van der Waals surface area contributed by atoms with Gasteiger partial charge >= 0.3 is 0 Å². The van der Waals surface area contributed by atoms with E-state index in [2.05, 4.69) is 63.2 Å². The summed E-state index contributed by atoms with van der Waals surface area (Å²) in [6.45, 7) is 4.28. The molecular formula is C21H30N8O. The Morgan fingerprint density at radius 2 is 2.03 bits per heavy atom. The molecule has 9 heteroatoms. The molecule has 8 N–H and O–H groups in total. The molecule has 1 fully saturated rings. The van der Waals surface area contributed by atoms with Gasteiger partial charge in [0.2, 0.25) is 5.96 Å². The molecule has 1 aromatic carbocycles. The smallest absolute Gasteiger partial charge is 0.270 e. The van der Waals surface area contributed by atoms with Crippen LogP contribution < -0.4 is 33.0 Å². The summed E-state index contributed by atoms with van der Waals surface area (Å²) in [5.41, 5.74) is 19.7. The monoisotopic (exact) mass is 410 g/mol. The first-order chi connectivity index (χ1) is 14.4. The lowest BCUT2D eigenvalue weighted by atomic mass is 9.91. The number of nitrogens with zero attached hydrogens (tertiary/aromatic N) is 2. The molecule has 1 saturated carbocycles. The lowest BCUT2D eigenvalue weighted by Gasteiger charge is -2.32. The van der Waals surface area contributed by atoms with Gasteiger partial charge in [0.1, 0.15) is 0 Å². The van der Waals surface area contributed by atoms with Crippen molar-refractivity contribution in [3.05, 3.63) is 42.0 Å². The van der Waals surface area contributed by atoms with Crippen molar-refractivity contribution in [2.45, 2.75) is 57.7 Å². The number of aliphatic imine (C=N–C) groups is 1. The predicted octanol–water partition coefficient (Wildman–Crippen LogP) is 1.61. The van der Waals surface area contributed by atoms with E-state index in [1.165, 1.54) is 0 Å². The first-order valence-corrected chi connectivity index (χ1v) is 10.5. The number of primary amides is 1. The van der Waals surface area contributed by atoms with Crippen molar-refractivity contribution in [3.8, 4) is 0 Å². The highest BCUT2D eigenvalue weighted by molar-refractivity contribution is 5.97. The van der Waals surface area contributed by atoms with Crippen molar-refractivity contribution >= 4 is 28.5 Å². The van der Waals surface area contributed by atoms with Crippen molar-refractivity contribution in [2.75, 3.05) is 5.32 Å². The number of amides is 1. The minimum atomic E-state index is -0.603. The Labute approximate surface area is 175 Å². The van der Waals surface area contributed by atoms with E-state index in [-0.39, 0.29) is 17.8 Å². The van der Waals surface area contributed by atoms with Gasteiger partial charge in [-0.05, 0) is 44.9 Å². The average Bonchev–Trinajstić information content (AvgIpc) is 3.15. The molecule has 2 aliphatic rings. The minimum Gasteiger partial charge on any atom is -0.364 e. The highest BCUT2D eigenvalue weighted by Crippen LogP contribution is 2.28. The van der Waals surface area contributed by atoms with Crippen LogP contribution in [0.4, 0.5) is 5.69 Å². The van der Waals surface area contributed by atoms with Crippen LogP contribution in [-0.2, 0) is 4.79 Å². The maximum atomic E-state index is 12.0. The van der Waals surface area contributed by atoms with Gasteiger partial charge in [-0.2, -0.15) is 4.99 Å². The SMILES string of the molecule is CC(C)n1ccc2c(NC3=C(C(N)=O)NNC(N[C@@H]4CCCC[C@@H]4N)=N3)cccc21. The van der Waals surface area contributed by atoms with Crippen LogP contribution in [0, 0.1) is 0 Å². The Hall–Kier alpha value is -3.20. The van der Waals surface area contributed by atoms with Crippen LogP contribution in [0.15, 0.2) is 47.0 Å². The van der Waals surface area contributed by atoms with Crippen LogP contribution in [0.5, 0.6) is 0 Å². The third kappa shape index (κ3) is 3.93. The summed E-state index contributed by atoms with van der Waals surface area (Å²) in [4.78, 5) is 16.6. The molecular weight excluding hydrogens is 380 g/mol. The highest BCUT2D eigenvalue weighted by atomic mass is 16.1. The Balaban J connectivity index is 1.64. The molecule has 2 atom stereocenters. The summed E-state index contributed by atoms with van der Waals surface area (Å²) in [7, 11) is 0. The maximum absolute atomic E-state index is 12.0. The maximum Gasteiger partial charge on any atom is 0.270 e. The molecule has 1 amide bonds. The molecule has 0 bridgehead atoms. The number of nitrogens with one attached hydrogen (secondary N) is 4. The average molecular weight is 411 g/mol. The zero-order valence-corrected chi connectivity index (χ0v) is 17.4. The molecule has 4 rings (SSSR count). The Morgan fingerprint density at radius 1 is 1.23 bits per heavy atom. The van der Waals surface area contributed by atoms with Gasteiger partial charge in [-0.1, -0.05) is 18.9 Å². The number of hydrogen-bond acceptors (Lipinski definition) is 7. The van der Waals surface area contributed by atoms with E-state index in [1.54, 1.807) is 0 Å². The third-order valence-corrected chi connectivity index (χ3v) is 5.73. The molecule has 0 spiro atoms.